The molecule has 0 aliphatic carbocycles. The van der Waals surface area contributed by atoms with Crippen LogP contribution in [-0.4, -0.2) is 36.8 Å². The van der Waals surface area contributed by atoms with Gasteiger partial charge in [-0.3, -0.25) is 19.3 Å². The topological polar surface area (TPSA) is 84.0 Å². The summed E-state index contributed by atoms with van der Waals surface area (Å²) in [7, 11) is 1.61. The van der Waals surface area contributed by atoms with Gasteiger partial charge in [0.15, 0.2) is 6.10 Å². The first-order valence-electron chi connectivity index (χ1n) is 8.88. The lowest BCUT2D eigenvalue weighted by Crippen LogP contribution is -2.37. The number of esters is 1. The molecule has 28 heavy (non-hydrogen) atoms. The van der Waals surface area contributed by atoms with Gasteiger partial charge in [-0.25, -0.2) is 4.79 Å². The van der Waals surface area contributed by atoms with Gasteiger partial charge in [0.05, 0.1) is 11.3 Å². The van der Waals surface area contributed by atoms with E-state index in [0.717, 1.165) is 4.90 Å². The van der Waals surface area contributed by atoms with Crippen LogP contribution in [0.5, 0.6) is 0 Å². The fourth-order valence-electron chi connectivity index (χ4n) is 2.94. The highest BCUT2D eigenvalue weighted by Crippen LogP contribution is 2.23. The predicted octanol–water partition coefficient (Wildman–Crippen LogP) is 2.55. The number of para-hydroxylation sites is 1. The second-order valence-electron chi connectivity index (χ2n) is 6.45. The zero-order valence-corrected chi connectivity index (χ0v) is 15.6. The standard InChI is InChI=1S/C21H20N2O5/c1-14(20(26)22(2)16-6-4-3-5-7-16)28-21(27)15-8-10-17(11-9-15)23-18(24)12-13-19(23)25/h3-11,14H,12-13H2,1-2H3/t14-/m1/s1. The van der Waals surface area contributed by atoms with Crippen LogP contribution in [0, 0.1) is 0 Å². The number of rotatable bonds is 5. The molecule has 0 saturated carbocycles. The van der Waals surface area contributed by atoms with E-state index in [1.807, 2.05) is 18.2 Å². The van der Waals surface area contributed by atoms with Crippen molar-refractivity contribution in [2.45, 2.75) is 25.9 Å². The van der Waals surface area contributed by atoms with E-state index in [1.54, 1.807) is 19.2 Å². The Kier molecular flexibility index (Phi) is 5.54. The second-order valence-corrected chi connectivity index (χ2v) is 6.45. The number of carbonyl (C=O) groups is 4. The normalized spacial score (nSPS) is 14.7. The van der Waals surface area contributed by atoms with Crippen LogP contribution in [0.2, 0.25) is 0 Å². The van der Waals surface area contributed by atoms with Crippen molar-refractivity contribution in [3.05, 3.63) is 60.2 Å². The number of carbonyl (C=O) groups excluding carboxylic acids is 4. The Morgan fingerprint density at radius 3 is 2.11 bits per heavy atom. The number of amides is 3. The molecule has 3 amide bonds. The maximum Gasteiger partial charge on any atom is 0.338 e. The van der Waals surface area contributed by atoms with Gasteiger partial charge < -0.3 is 9.64 Å². The summed E-state index contributed by atoms with van der Waals surface area (Å²) in [5.74, 6) is -1.54. The van der Waals surface area contributed by atoms with Crippen LogP contribution < -0.4 is 9.80 Å². The SMILES string of the molecule is C[C@@H](OC(=O)c1ccc(N2C(=O)CCC2=O)cc1)C(=O)N(C)c1ccccc1. The molecular weight excluding hydrogens is 360 g/mol. The summed E-state index contributed by atoms with van der Waals surface area (Å²) in [4.78, 5) is 50.9. The van der Waals surface area contributed by atoms with Crippen LogP contribution in [0.1, 0.15) is 30.1 Å². The van der Waals surface area contributed by atoms with Crippen LogP contribution >= 0.6 is 0 Å². The minimum atomic E-state index is -0.973. The minimum absolute atomic E-state index is 0.192. The van der Waals surface area contributed by atoms with Gasteiger partial charge in [0.2, 0.25) is 11.8 Å². The summed E-state index contributed by atoms with van der Waals surface area (Å²) >= 11 is 0. The fraction of sp³-hybridized carbons (Fsp3) is 0.238. The molecule has 0 unspecified atom stereocenters. The second kappa shape index (κ2) is 8.04. The molecule has 0 N–H and O–H groups in total. The van der Waals surface area contributed by atoms with Crippen molar-refractivity contribution in [1.29, 1.82) is 0 Å². The highest BCUT2D eigenvalue weighted by molar-refractivity contribution is 6.19. The molecule has 1 fully saturated rings. The Hall–Kier alpha value is -3.48. The molecule has 1 aliphatic heterocycles. The molecule has 0 spiro atoms. The van der Waals surface area contributed by atoms with Crippen LogP contribution in [0.25, 0.3) is 0 Å². The summed E-state index contributed by atoms with van der Waals surface area (Å²) in [5, 5.41) is 0. The molecule has 1 aliphatic rings. The number of nitrogens with zero attached hydrogens (tertiary/aromatic N) is 2. The molecule has 0 aromatic heterocycles. The van der Waals surface area contributed by atoms with Crippen molar-refractivity contribution < 1.29 is 23.9 Å². The summed E-state index contributed by atoms with van der Waals surface area (Å²) in [6.45, 7) is 1.51. The highest BCUT2D eigenvalue weighted by atomic mass is 16.5. The summed E-state index contributed by atoms with van der Waals surface area (Å²) < 4.78 is 5.27. The van der Waals surface area contributed by atoms with Gasteiger partial charge in [-0.15, -0.1) is 0 Å². The number of ether oxygens (including phenoxy) is 1. The Labute approximate surface area is 162 Å². The minimum Gasteiger partial charge on any atom is -0.449 e. The smallest absolute Gasteiger partial charge is 0.338 e. The third-order valence-electron chi connectivity index (χ3n) is 4.52. The molecule has 2 aromatic rings. The van der Waals surface area contributed by atoms with Gasteiger partial charge in [0.1, 0.15) is 0 Å². The Balaban J connectivity index is 1.65. The molecule has 0 radical (unpaired) electrons. The van der Waals surface area contributed by atoms with E-state index in [9.17, 15) is 19.2 Å². The van der Waals surface area contributed by atoms with Crippen molar-refractivity contribution in [3.63, 3.8) is 0 Å². The van der Waals surface area contributed by atoms with Crippen LogP contribution in [0.15, 0.2) is 54.6 Å². The van der Waals surface area contributed by atoms with Gasteiger partial charge >= 0.3 is 5.97 Å². The zero-order valence-electron chi connectivity index (χ0n) is 15.6. The molecular formula is C21H20N2O5. The van der Waals surface area contributed by atoms with Gasteiger partial charge in [0, 0.05) is 25.6 Å². The van der Waals surface area contributed by atoms with Crippen molar-refractivity contribution in [2.24, 2.45) is 0 Å². The predicted molar refractivity (Wildman–Crippen MR) is 103 cm³/mol. The maximum atomic E-state index is 12.5. The lowest BCUT2D eigenvalue weighted by Gasteiger charge is -2.21. The van der Waals surface area contributed by atoms with E-state index in [4.69, 9.17) is 4.74 Å². The lowest BCUT2D eigenvalue weighted by atomic mass is 10.2. The van der Waals surface area contributed by atoms with E-state index in [1.165, 1.54) is 36.1 Å². The number of benzene rings is 2. The lowest BCUT2D eigenvalue weighted by molar-refractivity contribution is -0.126. The molecule has 1 saturated heterocycles. The first-order chi connectivity index (χ1) is 13.4. The fourth-order valence-corrected chi connectivity index (χ4v) is 2.94. The third kappa shape index (κ3) is 3.93. The largest absolute Gasteiger partial charge is 0.449 e. The molecule has 7 heteroatoms. The summed E-state index contributed by atoms with van der Waals surface area (Å²) in [6, 6.07) is 15.0. The molecule has 0 bridgehead atoms. The van der Waals surface area contributed by atoms with Gasteiger partial charge in [0.25, 0.3) is 5.91 Å². The molecule has 2 aromatic carbocycles. The van der Waals surface area contributed by atoms with Gasteiger partial charge in [-0.2, -0.15) is 0 Å². The van der Waals surface area contributed by atoms with E-state index in [-0.39, 0.29) is 36.1 Å². The number of anilines is 2. The maximum absolute atomic E-state index is 12.5. The number of hydrogen-bond donors (Lipinski definition) is 0. The Morgan fingerprint density at radius 1 is 0.964 bits per heavy atom. The van der Waals surface area contributed by atoms with Gasteiger partial charge in [-0.1, -0.05) is 18.2 Å². The van der Waals surface area contributed by atoms with Crippen molar-refractivity contribution >= 4 is 35.1 Å². The molecule has 1 heterocycles. The highest BCUT2D eigenvalue weighted by Gasteiger charge is 2.30. The first-order valence-corrected chi connectivity index (χ1v) is 8.88. The Bertz CT molecular complexity index is 892. The monoisotopic (exact) mass is 380 g/mol. The summed E-state index contributed by atoms with van der Waals surface area (Å²) in [6.07, 6.45) is -0.590. The molecule has 3 rings (SSSR count). The Morgan fingerprint density at radius 2 is 1.54 bits per heavy atom. The van der Waals surface area contributed by atoms with Crippen LogP contribution in [0.4, 0.5) is 11.4 Å². The average molecular weight is 380 g/mol. The molecule has 7 nitrogen and oxygen atoms in total. The van der Waals surface area contributed by atoms with Crippen LogP contribution in [-0.2, 0) is 19.1 Å². The van der Waals surface area contributed by atoms with E-state index < -0.39 is 12.1 Å². The summed E-state index contributed by atoms with van der Waals surface area (Å²) in [5.41, 5.74) is 1.33. The molecule has 144 valence electrons. The molecule has 1 atom stereocenters. The quantitative estimate of drug-likeness (QED) is 0.588. The first kappa shape index (κ1) is 19.3. The number of hydrogen-bond acceptors (Lipinski definition) is 5. The van der Waals surface area contributed by atoms with Gasteiger partial charge in [-0.05, 0) is 43.3 Å². The van der Waals surface area contributed by atoms with Crippen molar-refractivity contribution in [1.82, 2.24) is 0 Å². The average Bonchev–Trinajstić information content (AvgIpc) is 3.05. The third-order valence-corrected chi connectivity index (χ3v) is 4.52. The van der Waals surface area contributed by atoms with Crippen LogP contribution in [0.3, 0.4) is 0 Å². The van der Waals surface area contributed by atoms with E-state index in [2.05, 4.69) is 0 Å². The number of likely N-dealkylation sites (N-methyl/N-ethyl adjacent to an activating group) is 1. The zero-order chi connectivity index (χ0) is 20.3. The van der Waals surface area contributed by atoms with Crippen molar-refractivity contribution in [3.8, 4) is 0 Å². The van der Waals surface area contributed by atoms with E-state index >= 15 is 0 Å². The van der Waals surface area contributed by atoms with Crippen molar-refractivity contribution in [2.75, 3.05) is 16.8 Å². The number of imide groups is 1. The van der Waals surface area contributed by atoms with E-state index in [0.29, 0.717) is 11.4 Å².